The first-order valence-electron chi connectivity index (χ1n) is 6.93. The third kappa shape index (κ3) is 4.27. The molecule has 2 rings (SSSR count). The zero-order valence-corrected chi connectivity index (χ0v) is 14.7. The van der Waals surface area contributed by atoms with Crippen molar-refractivity contribution in [2.45, 2.75) is 6.04 Å². The molecule has 1 amide bonds. The highest BCUT2D eigenvalue weighted by atomic mass is 127. The van der Waals surface area contributed by atoms with Crippen LogP contribution in [0.4, 0.5) is 4.39 Å². The number of hydrogen-bond donors (Lipinski definition) is 1. The SMILES string of the molecule is CN(C)C(CNC(=O)c1ccccc1I)c1ccc(F)cc1. The van der Waals surface area contributed by atoms with Crippen molar-refractivity contribution in [1.82, 2.24) is 10.2 Å². The van der Waals surface area contributed by atoms with E-state index in [0.717, 1.165) is 9.13 Å². The van der Waals surface area contributed by atoms with Crippen molar-refractivity contribution in [1.29, 1.82) is 0 Å². The van der Waals surface area contributed by atoms with Crippen LogP contribution < -0.4 is 5.32 Å². The van der Waals surface area contributed by atoms with Gasteiger partial charge in [0.25, 0.3) is 5.91 Å². The van der Waals surface area contributed by atoms with Crippen LogP contribution in [-0.2, 0) is 0 Å². The second kappa shape index (κ2) is 7.69. The van der Waals surface area contributed by atoms with Crippen molar-refractivity contribution >= 4 is 28.5 Å². The predicted octanol–water partition coefficient (Wildman–Crippen LogP) is 3.46. The van der Waals surface area contributed by atoms with Gasteiger partial charge in [0.05, 0.1) is 11.6 Å². The topological polar surface area (TPSA) is 32.3 Å². The van der Waals surface area contributed by atoms with Gasteiger partial charge in [0.15, 0.2) is 0 Å². The molecule has 5 heteroatoms. The van der Waals surface area contributed by atoms with Crippen molar-refractivity contribution in [3.05, 3.63) is 69.0 Å². The third-order valence-electron chi connectivity index (χ3n) is 3.45. The summed E-state index contributed by atoms with van der Waals surface area (Å²) in [6.07, 6.45) is 0. The number of halogens is 2. The molecule has 0 spiro atoms. The Morgan fingerprint density at radius 1 is 1.18 bits per heavy atom. The maximum atomic E-state index is 13.0. The molecule has 2 aromatic carbocycles. The van der Waals surface area contributed by atoms with Gasteiger partial charge in [-0.05, 0) is 66.5 Å². The fourth-order valence-electron chi connectivity index (χ4n) is 2.21. The van der Waals surface area contributed by atoms with Crippen LogP contribution in [-0.4, -0.2) is 31.4 Å². The van der Waals surface area contributed by atoms with Gasteiger partial charge in [-0.3, -0.25) is 4.79 Å². The van der Waals surface area contributed by atoms with Gasteiger partial charge in [0.2, 0.25) is 0 Å². The van der Waals surface area contributed by atoms with Crippen molar-refractivity contribution in [2.24, 2.45) is 0 Å². The summed E-state index contributed by atoms with van der Waals surface area (Å²) < 4.78 is 14.0. The maximum absolute atomic E-state index is 13.0. The van der Waals surface area contributed by atoms with Gasteiger partial charge >= 0.3 is 0 Å². The van der Waals surface area contributed by atoms with Crippen LogP contribution >= 0.6 is 22.6 Å². The standard InChI is InChI=1S/C17H18FIN2O/c1-21(2)16(12-7-9-13(18)10-8-12)11-20-17(22)14-5-3-4-6-15(14)19/h3-10,16H,11H2,1-2H3,(H,20,22). The molecule has 0 bridgehead atoms. The molecule has 0 saturated carbocycles. The van der Waals surface area contributed by atoms with E-state index >= 15 is 0 Å². The minimum absolute atomic E-state index is 0.00840. The average molecular weight is 412 g/mol. The predicted molar refractivity (Wildman–Crippen MR) is 94.3 cm³/mol. The van der Waals surface area contributed by atoms with Gasteiger partial charge in [-0.25, -0.2) is 4.39 Å². The van der Waals surface area contributed by atoms with E-state index in [1.807, 2.05) is 37.2 Å². The van der Waals surface area contributed by atoms with Crippen molar-refractivity contribution in [2.75, 3.05) is 20.6 Å². The molecular formula is C17H18FIN2O. The van der Waals surface area contributed by atoms with E-state index in [0.29, 0.717) is 12.1 Å². The number of carbonyl (C=O) groups excluding carboxylic acids is 1. The highest BCUT2D eigenvalue weighted by Gasteiger charge is 2.16. The molecule has 0 aliphatic heterocycles. The van der Waals surface area contributed by atoms with E-state index < -0.39 is 0 Å². The van der Waals surface area contributed by atoms with Gasteiger partial charge < -0.3 is 10.2 Å². The Kier molecular flexibility index (Phi) is 5.90. The van der Waals surface area contributed by atoms with Crippen LogP contribution in [0.5, 0.6) is 0 Å². The molecule has 3 nitrogen and oxygen atoms in total. The van der Waals surface area contributed by atoms with Crippen molar-refractivity contribution in [3.8, 4) is 0 Å². The Morgan fingerprint density at radius 3 is 2.41 bits per heavy atom. The summed E-state index contributed by atoms with van der Waals surface area (Å²) in [5.41, 5.74) is 1.63. The molecule has 1 unspecified atom stereocenters. The first kappa shape index (κ1) is 16.9. The lowest BCUT2D eigenvalue weighted by molar-refractivity contribution is 0.0941. The first-order chi connectivity index (χ1) is 10.5. The Balaban J connectivity index is 2.08. The van der Waals surface area contributed by atoms with Crippen molar-refractivity contribution in [3.63, 3.8) is 0 Å². The quantitative estimate of drug-likeness (QED) is 0.764. The van der Waals surface area contributed by atoms with Gasteiger partial charge in [-0.2, -0.15) is 0 Å². The van der Waals surface area contributed by atoms with E-state index in [1.54, 1.807) is 18.2 Å². The smallest absolute Gasteiger partial charge is 0.252 e. The molecule has 0 aliphatic carbocycles. The summed E-state index contributed by atoms with van der Waals surface area (Å²) >= 11 is 2.15. The zero-order chi connectivity index (χ0) is 16.1. The van der Waals surface area contributed by atoms with Crippen LogP contribution in [0.3, 0.4) is 0 Å². The van der Waals surface area contributed by atoms with Crippen LogP contribution in [0.2, 0.25) is 0 Å². The maximum Gasteiger partial charge on any atom is 0.252 e. The second-order valence-electron chi connectivity index (χ2n) is 5.22. The third-order valence-corrected chi connectivity index (χ3v) is 4.39. The summed E-state index contributed by atoms with van der Waals surface area (Å²) in [6, 6.07) is 13.8. The Bertz CT molecular complexity index is 643. The lowest BCUT2D eigenvalue weighted by atomic mass is 10.1. The number of hydrogen-bond acceptors (Lipinski definition) is 2. The van der Waals surface area contributed by atoms with Crippen LogP contribution in [0.1, 0.15) is 22.0 Å². The number of likely N-dealkylation sites (N-methyl/N-ethyl adjacent to an activating group) is 1. The highest BCUT2D eigenvalue weighted by Crippen LogP contribution is 2.18. The summed E-state index contributed by atoms with van der Waals surface area (Å²) in [4.78, 5) is 14.3. The van der Waals surface area contributed by atoms with E-state index in [-0.39, 0.29) is 17.8 Å². The summed E-state index contributed by atoms with van der Waals surface area (Å²) in [5, 5.41) is 2.96. The van der Waals surface area contributed by atoms with Gasteiger partial charge in [0, 0.05) is 10.1 Å². The number of benzene rings is 2. The molecule has 1 N–H and O–H groups in total. The monoisotopic (exact) mass is 412 g/mol. The lowest BCUT2D eigenvalue weighted by Gasteiger charge is -2.25. The lowest BCUT2D eigenvalue weighted by Crippen LogP contribution is -2.34. The van der Waals surface area contributed by atoms with E-state index in [2.05, 4.69) is 27.9 Å². The van der Waals surface area contributed by atoms with Crippen molar-refractivity contribution < 1.29 is 9.18 Å². The molecule has 116 valence electrons. The number of nitrogens with zero attached hydrogens (tertiary/aromatic N) is 1. The number of nitrogens with one attached hydrogen (secondary N) is 1. The second-order valence-corrected chi connectivity index (χ2v) is 6.38. The van der Waals surface area contributed by atoms with Gasteiger partial charge in [-0.15, -0.1) is 0 Å². The highest BCUT2D eigenvalue weighted by molar-refractivity contribution is 14.1. The van der Waals surface area contributed by atoms with E-state index in [4.69, 9.17) is 0 Å². The molecule has 0 heterocycles. The Morgan fingerprint density at radius 2 is 1.82 bits per heavy atom. The molecule has 1 atom stereocenters. The summed E-state index contributed by atoms with van der Waals surface area (Å²) in [6.45, 7) is 0.461. The summed E-state index contributed by atoms with van der Waals surface area (Å²) in [7, 11) is 3.87. The number of amides is 1. The number of carbonyl (C=O) groups is 1. The fraction of sp³-hybridized carbons (Fsp3) is 0.235. The first-order valence-corrected chi connectivity index (χ1v) is 8.01. The van der Waals surface area contributed by atoms with E-state index in [9.17, 15) is 9.18 Å². The molecule has 2 aromatic rings. The minimum Gasteiger partial charge on any atom is -0.350 e. The van der Waals surface area contributed by atoms with Gasteiger partial charge in [-0.1, -0.05) is 24.3 Å². The van der Waals surface area contributed by atoms with E-state index in [1.165, 1.54) is 12.1 Å². The largest absolute Gasteiger partial charge is 0.350 e. The van der Waals surface area contributed by atoms with Crippen LogP contribution in [0, 0.1) is 9.39 Å². The molecule has 0 saturated heterocycles. The molecule has 0 radical (unpaired) electrons. The summed E-state index contributed by atoms with van der Waals surface area (Å²) in [5.74, 6) is -0.358. The minimum atomic E-state index is -0.260. The van der Waals surface area contributed by atoms with Crippen LogP contribution in [0.15, 0.2) is 48.5 Å². The average Bonchev–Trinajstić information content (AvgIpc) is 2.49. The van der Waals surface area contributed by atoms with Crippen LogP contribution in [0.25, 0.3) is 0 Å². The Hall–Kier alpha value is -1.47. The normalized spacial score (nSPS) is 12.2. The number of rotatable bonds is 5. The molecular weight excluding hydrogens is 394 g/mol. The molecule has 0 fully saturated rings. The fourth-order valence-corrected chi connectivity index (χ4v) is 2.85. The Labute approximate surface area is 143 Å². The molecule has 0 aliphatic rings. The molecule has 22 heavy (non-hydrogen) atoms. The molecule has 0 aromatic heterocycles. The van der Waals surface area contributed by atoms with Gasteiger partial charge in [0.1, 0.15) is 5.82 Å². The zero-order valence-electron chi connectivity index (χ0n) is 12.5.